The quantitative estimate of drug-likeness (QED) is 0.759. The smallest absolute Gasteiger partial charge is 0.162 e. The zero-order valence-electron chi connectivity index (χ0n) is 13.5. The number of nitrogens with zero attached hydrogens (tertiary/aromatic N) is 1. The first-order valence-electron chi connectivity index (χ1n) is 8.44. The Balaban J connectivity index is 1.56. The molecular weight excluding hydrogens is 290 g/mol. The van der Waals surface area contributed by atoms with E-state index in [1.165, 1.54) is 18.4 Å². The van der Waals surface area contributed by atoms with Crippen LogP contribution in [0, 0.1) is 0 Å². The van der Waals surface area contributed by atoms with Crippen LogP contribution in [0.25, 0.3) is 11.1 Å². The summed E-state index contributed by atoms with van der Waals surface area (Å²) >= 11 is 0. The Kier molecular flexibility index (Phi) is 4.00. The first-order valence-corrected chi connectivity index (χ1v) is 8.44. The number of aromatic nitrogens is 1. The van der Waals surface area contributed by atoms with Crippen LogP contribution in [0.4, 0.5) is 0 Å². The van der Waals surface area contributed by atoms with Crippen LogP contribution in [-0.4, -0.2) is 30.5 Å². The van der Waals surface area contributed by atoms with Crippen LogP contribution in [0.3, 0.4) is 0 Å². The normalized spacial score (nSPS) is 20.7. The summed E-state index contributed by atoms with van der Waals surface area (Å²) in [6, 6.07) is 8.34. The molecule has 23 heavy (non-hydrogen) atoms. The Hall–Kier alpha value is -1.94. The van der Waals surface area contributed by atoms with Gasteiger partial charge in [0.2, 0.25) is 0 Å². The molecule has 4 nitrogen and oxygen atoms in total. The van der Waals surface area contributed by atoms with Gasteiger partial charge in [0, 0.05) is 12.4 Å². The van der Waals surface area contributed by atoms with Gasteiger partial charge < -0.3 is 18.8 Å². The lowest BCUT2D eigenvalue weighted by molar-refractivity contribution is 0.201. The summed E-state index contributed by atoms with van der Waals surface area (Å²) in [5.74, 6) is 1.67. The average Bonchev–Trinajstić information content (AvgIpc) is 3.03. The molecule has 1 saturated carbocycles. The highest BCUT2D eigenvalue weighted by Gasteiger charge is 2.23. The van der Waals surface area contributed by atoms with Crippen LogP contribution in [0.1, 0.15) is 25.7 Å². The van der Waals surface area contributed by atoms with Crippen molar-refractivity contribution in [2.24, 2.45) is 0 Å². The zero-order chi connectivity index (χ0) is 15.6. The molecule has 0 spiro atoms. The Morgan fingerprint density at radius 2 is 1.96 bits per heavy atom. The topological polar surface area (TPSA) is 35.9 Å². The minimum Gasteiger partial charge on any atom is -0.493 e. The summed E-state index contributed by atoms with van der Waals surface area (Å²) in [5, 5.41) is 0. The molecule has 0 amide bonds. The van der Waals surface area contributed by atoms with Gasteiger partial charge in [0.05, 0.1) is 32.5 Å². The third kappa shape index (κ3) is 3.37. The molecule has 2 aliphatic rings. The lowest BCUT2D eigenvalue weighted by Crippen LogP contribution is -2.11. The van der Waals surface area contributed by atoms with Crippen molar-refractivity contribution in [3.8, 4) is 22.6 Å². The van der Waals surface area contributed by atoms with Crippen LogP contribution < -0.4 is 9.47 Å². The van der Waals surface area contributed by atoms with Crippen molar-refractivity contribution in [1.82, 2.24) is 4.57 Å². The second-order valence-corrected chi connectivity index (χ2v) is 6.44. The predicted octanol–water partition coefficient (Wildman–Crippen LogP) is 3.88. The van der Waals surface area contributed by atoms with E-state index in [4.69, 9.17) is 14.2 Å². The predicted molar refractivity (Wildman–Crippen MR) is 89.0 cm³/mol. The van der Waals surface area contributed by atoms with Crippen LogP contribution in [-0.2, 0) is 11.3 Å². The Bertz CT molecular complexity index is 669. The van der Waals surface area contributed by atoms with Gasteiger partial charge in [0.1, 0.15) is 0 Å². The lowest BCUT2D eigenvalue weighted by Gasteiger charge is -2.16. The summed E-state index contributed by atoms with van der Waals surface area (Å²) in [6.45, 7) is 1.82. The fourth-order valence-corrected chi connectivity index (χ4v) is 3.27. The molecule has 0 N–H and O–H groups in total. The van der Waals surface area contributed by atoms with E-state index in [9.17, 15) is 0 Å². The molecule has 0 bridgehead atoms. The fraction of sp³-hybridized carbons (Fsp3) is 0.474. The number of methoxy groups -OCH3 is 1. The monoisotopic (exact) mass is 313 g/mol. The standard InChI is InChI=1S/C19H23NO3/c1-21-18-7-6-14(10-19(18)23-16-4-2-3-5-16)15-8-9-20(11-15)12-17-13-22-17/h6-11,16-17H,2-5,12-13H2,1H3. The number of ether oxygens (including phenoxy) is 3. The highest BCUT2D eigenvalue weighted by atomic mass is 16.6. The summed E-state index contributed by atoms with van der Waals surface area (Å²) in [7, 11) is 1.70. The highest BCUT2D eigenvalue weighted by molar-refractivity contribution is 5.66. The van der Waals surface area contributed by atoms with Crippen molar-refractivity contribution in [2.75, 3.05) is 13.7 Å². The molecule has 1 unspecified atom stereocenters. The third-order valence-corrected chi connectivity index (χ3v) is 4.66. The van der Waals surface area contributed by atoms with E-state index in [0.29, 0.717) is 12.2 Å². The second kappa shape index (κ2) is 6.28. The molecule has 2 aromatic rings. The molecule has 1 aliphatic heterocycles. The molecule has 1 aliphatic carbocycles. The molecule has 1 saturated heterocycles. The SMILES string of the molecule is COc1ccc(-c2ccn(CC3CO3)c2)cc1OC1CCCC1. The molecule has 1 aromatic heterocycles. The first-order chi connectivity index (χ1) is 11.3. The van der Waals surface area contributed by atoms with Gasteiger partial charge in [-0.05, 0) is 55.0 Å². The van der Waals surface area contributed by atoms with Crippen LogP contribution in [0.2, 0.25) is 0 Å². The van der Waals surface area contributed by atoms with Crippen molar-refractivity contribution < 1.29 is 14.2 Å². The molecular formula is C19H23NO3. The van der Waals surface area contributed by atoms with E-state index >= 15 is 0 Å². The average molecular weight is 313 g/mol. The van der Waals surface area contributed by atoms with Crippen LogP contribution in [0.15, 0.2) is 36.7 Å². The van der Waals surface area contributed by atoms with Gasteiger partial charge in [-0.2, -0.15) is 0 Å². The van der Waals surface area contributed by atoms with Gasteiger partial charge in [-0.3, -0.25) is 0 Å². The summed E-state index contributed by atoms with van der Waals surface area (Å²) in [6.07, 6.45) is 9.82. The minimum absolute atomic E-state index is 0.329. The van der Waals surface area contributed by atoms with Gasteiger partial charge in [-0.25, -0.2) is 0 Å². The summed E-state index contributed by atoms with van der Waals surface area (Å²) < 4.78 is 19.1. The number of hydrogen-bond acceptors (Lipinski definition) is 3. The molecule has 4 rings (SSSR count). The van der Waals surface area contributed by atoms with E-state index in [0.717, 1.165) is 43.1 Å². The third-order valence-electron chi connectivity index (χ3n) is 4.66. The summed E-state index contributed by atoms with van der Waals surface area (Å²) in [4.78, 5) is 0. The lowest BCUT2D eigenvalue weighted by atomic mass is 10.1. The van der Waals surface area contributed by atoms with Crippen molar-refractivity contribution >= 4 is 0 Å². The molecule has 1 aromatic carbocycles. The molecule has 2 heterocycles. The number of epoxide rings is 1. The van der Waals surface area contributed by atoms with Gasteiger partial charge in [-0.15, -0.1) is 0 Å². The molecule has 0 radical (unpaired) electrons. The zero-order valence-corrected chi connectivity index (χ0v) is 13.5. The molecule has 1 atom stereocenters. The van der Waals surface area contributed by atoms with E-state index in [1.54, 1.807) is 7.11 Å². The van der Waals surface area contributed by atoms with Crippen LogP contribution in [0.5, 0.6) is 11.5 Å². The van der Waals surface area contributed by atoms with E-state index < -0.39 is 0 Å². The minimum atomic E-state index is 0.329. The van der Waals surface area contributed by atoms with Crippen molar-refractivity contribution in [1.29, 1.82) is 0 Å². The molecule has 4 heteroatoms. The highest BCUT2D eigenvalue weighted by Crippen LogP contribution is 2.35. The fourth-order valence-electron chi connectivity index (χ4n) is 3.27. The van der Waals surface area contributed by atoms with Gasteiger partial charge in [0.15, 0.2) is 11.5 Å². The van der Waals surface area contributed by atoms with E-state index in [-0.39, 0.29) is 0 Å². The Morgan fingerprint density at radius 3 is 2.70 bits per heavy atom. The maximum Gasteiger partial charge on any atom is 0.162 e. The number of rotatable bonds is 6. The molecule has 2 fully saturated rings. The maximum atomic E-state index is 6.19. The van der Waals surface area contributed by atoms with E-state index in [2.05, 4.69) is 35.2 Å². The second-order valence-electron chi connectivity index (χ2n) is 6.44. The first kappa shape index (κ1) is 14.6. The summed E-state index contributed by atoms with van der Waals surface area (Å²) in [5.41, 5.74) is 2.36. The van der Waals surface area contributed by atoms with Gasteiger partial charge in [-0.1, -0.05) is 6.07 Å². The maximum absolute atomic E-state index is 6.19. The number of benzene rings is 1. The largest absolute Gasteiger partial charge is 0.493 e. The molecule has 122 valence electrons. The Morgan fingerprint density at radius 1 is 1.13 bits per heavy atom. The van der Waals surface area contributed by atoms with Crippen molar-refractivity contribution in [3.63, 3.8) is 0 Å². The Labute approximate surface area is 137 Å². The van der Waals surface area contributed by atoms with Gasteiger partial charge in [0.25, 0.3) is 0 Å². The van der Waals surface area contributed by atoms with Crippen molar-refractivity contribution in [3.05, 3.63) is 36.7 Å². The van der Waals surface area contributed by atoms with Gasteiger partial charge >= 0.3 is 0 Å². The number of hydrogen-bond donors (Lipinski definition) is 0. The van der Waals surface area contributed by atoms with E-state index in [1.807, 2.05) is 6.07 Å². The van der Waals surface area contributed by atoms with Crippen molar-refractivity contribution in [2.45, 2.75) is 44.4 Å². The van der Waals surface area contributed by atoms with Crippen LogP contribution >= 0.6 is 0 Å².